The Morgan fingerprint density at radius 1 is 1.29 bits per heavy atom. The predicted octanol–water partition coefficient (Wildman–Crippen LogP) is 3.81. The minimum atomic E-state index is -0.430. The van der Waals surface area contributed by atoms with Gasteiger partial charge in [-0.2, -0.15) is 0 Å². The first kappa shape index (κ1) is 11.6. The topological polar surface area (TPSA) is 26.3 Å². The number of hydrogen-bond donors (Lipinski definition) is 0. The number of carbonyl (C=O) groups excluding carboxylic acids is 1. The molecule has 2 aromatic rings. The maximum absolute atomic E-state index is 11.2. The predicted molar refractivity (Wildman–Crippen MR) is 70.3 cm³/mol. The Bertz CT molecular complexity index is 538. The molecule has 0 aliphatic rings. The highest BCUT2D eigenvalue weighted by molar-refractivity contribution is 7.12. The standard InChI is InChI=1S/C14H12O2S/c1-3-13(15)16-14-12(8-9-17-14)11-6-4-10(2)5-7-11/h3-9H,1H2,2H3. The van der Waals surface area contributed by atoms with Crippen molar-refractivity contribution in [2.24, 2.45) is 0 Å². The third-order valence-electron chi connectivity index (χ3n) is 2.35. The van der Waals surface area contributed by atoms with Crippen LogP contribution in [-0.4, -0.2) is 5.97 Å². The number of thiophene rings is 1. The van der Waals surface area contributed by atoms with E-state index < -0.39 is 5.97 Å². The Balaban J connectivity index is 2.33. The molecular formula is C14H12O2S. The van der Waals surface area contributed by atoms with Crippen LogP contribution < -0.4 is 4.74 Å². The first-order valence-electron chi connectivity index (χ1n) is 5.19. The second-order valence-electron chi connectivity index (χ2n) is 3.61. The molecule has 0 aliphatic heterocycles. The molecule has 0 bridgehead atoms. The van der Waals surface area contributed by atoms with Crippen LogP contribution in [0.15, 0.2) is 48.4 Å². The van der Waals surface area contributed by atoms with Crippen molar-refractivity contribution in [1.29, 1.82) is 0 Å². The molecule has 2 nitrogen and oxygen atoms in total. The van der Waals surface area contributed by atoms with Gasteiger partial charge in [0.05, 0.1) is 0 Å². The van der Waals surface area contributed by atoms with Crippen molar-refractivity contribution in [3.8, 4) is 16.2 Å². The van der Waals surface area contributed by atoms with Crippen LogP contribution in [0.25, 0.3) is 11.1 Å². The van der Waals surface area contributed by atoms with Gasteiger partial charge in [0.15, 0.2) is 5.06 Å². The highest BCUT2D eigenvalue weighted by atomic mass is 32.1. The maximum atomic E-state index is 11.2. The summed E-state index contributed by atoms with van der Waals surface area (Å²) in [6.07, 6.45) is 1.17. The summed E-state index contributed by atoms with van der Waals surface area (Å²) in [6, 6.07) is 10.0. The van der Waals surface area contributed by atoms with Gasteiger partial charge in [0.1, 0.15) is 0 Å². The van der Waals surface area contributed by atoms with Crippen LogP contribution >= 0.6 is 11.3 Å². The lowest BCUT2D eigenvalue weighted by atomic mass is 10.1. The quantitative estimate of drug-likeness (QED) is 0.606. The van der Waals surface area contributed by atoms with Crippen molar-refractivity contribution in [1.82, 2.24) is 0 Å². The summed E-state index contributed by atoms with van der Waals surface area (Å²) in [4.78, 5) is 11.2. The molecule has 0 saturated heterocycles. The first-order valence-corrected chi connectivity index (χ1v) is 6.07. The molecule has 0 unspecified atom stereocenters. The van der Waals surface area contributed by atoms with E-state index in [0.29, 0.717) is 5.06 Å². The smallest absolute Gasteiger partial charge is 0.336 e. The van der Waals surface area contributed by atoms with Crippen LogP contribution in [0, 0.1) is 6.92 Å². The molecule has 0 aliphatic carbocycles. The number of carbonyl (C=O) groups is 1. The lowest BCUT2D eigenvalue weighted by molar-refractivity contribution is -0.128. The summed E-state index contributed by atoms with van der Waals surface area (Å²) in [6.45, 7) is 5.42. The van der Waals surface area contributed by atoms with Gasteiger partial charge in [-0.15, -0.1) is 11.3 Å². The van der Waals surface area contributed by atoms with E-state index in [4.69, 9.17) is 4.74 Å². The number of ether oxygens (including phenoxy) is 1. The van der Waals surface area contributed by atoms with Gasteiger partial charge in [0.25, 0.3) is 0 Å². The van der Waals surface area contributed by atoms with E-state index in [1.807, 2.05) is 42.6 Å². The van der Waals surface area contributed by atoms with Gasteiger partial charge in [-0.25, -0.2) is 4.79 Å². The molecule has 0 fully saturated rings. The number of hydrogen-bond acceptors (Lipinski definition) is 3. The van der Waals surface area contributed by atoms with Crippen LogP contribution in [0.2, 0.25) is 0 Å². The second kappa shape index (κ2) is 4.97. The molecule has 0 spiro atoms. The lowest BCUT2D eigenvalue weighted by Gasteiger charge is -2.03. The normalized spacial score (nSPS) is 9.94. The summed E-state index contributed by atoms with van der Waals surface area (Å²) in [7, 11) is 0. The third kappa shape index (κ3) is 2.63. The Morgan fingerprint density at radius 2 is 2.00 bits per heavy atom. The zero-order chi connectivity index (χ0) is 12.3. The zero-order valence-electron chi connectivity index (χ0n) is 9.47. The van der Waals surface area contributed by atoms with Crippen LogP contribution in [-0.2, 0) is 4.79 Å². The second-order valence-corrected chi connectivity index (χ2v) is 4.49. The van der Waals surface area contributed by atoms with E-state index in [1.165, 1.54) is 23.0 Å². The third-order valence-corrected chi connectivity index (χ3v) is 3.14. The van der Waals surface area contributed by atoms with Gasteiger partial charge in [-0.1, -0.05) is 36.4 Å². The fraction of sp³-hybridized carbons (Fsp3) is 0.0714. The summed E-state index contributed by atoms with van der Waals surface area (Å²) >= 11 is 1.40. The van der Waals surface area contributed by atoms with Crippen LogP contribution in [0.1, 0.15) is 5.56 Å². The molecular weight excluding hydrogens is 232 g/mol. The molecule has 86 valence electrons. The first-order chi connectivity index (χ1) is 8.20. The van der Waals surface area contributed by atoms with Crippen molar-refractivity contribution in [2.75, 3.05) is 0 Å². The van der Waals surface area contributed by atoms with Crippen molar-refractivity contribution in [3.05, 3.63) is 53.9 Å². The Labute approximate surface area is 104 Å². The monoisotopic (exact) mass is 244 g/mol. The van der Waals surface area contributed by atoms with Crippen molar-refractivity contribution >= 4 is 17.3 Å². The minimum absolute atomic E-state index is 0.430. The summed E-state index contributed by atoms with van der Waals surface area (Å²) in [5.41, 5.74) is 3.18. The molecule has 0 saturated carbocycles. The van der Waals surface area contributed by atoms with Crippen molar-refractivity contribution in [2.45, 2.75) is 6.92 Å². The summed E-state index contributed by atoms with van der Waals surface area (Å²) < 4.78 is 5.18. The van der Waals surface area contributed by atoms with Crippen molar-refractivity contribution < 1.29 is 9.53 Å². The Morgan fingerprint density at radius 3 is 2.65 bits per heavy atom. The zero-order valence-corrected chi connectivity index (χ0v) is 10.3. The summed E-state index contributed by atoms with van der Waals surface area (Å²) in [5, 5.41) is 2.51. The van der Waals surface area contributed by atoms with Crippen molar-refractivity contribution in [3.63, 3.8) is 0 Å². The number of rotatable bonds is 3. The average Bonchev–Trinajstić information content (AvgIpc) is 2.78. The molecule has 1 heterocycles. The molecule has 2 rings (SSSR count). The molecule has 1 aromatic carbocycles. The molecule has 17 heavy (non-hydrogen) atoms. The maximum Gasteiger partial charge on any atom is 0.336 e. The Kier molecular flexibility index (Phi) is 3.40. The van der Waals surface area contributed by atoms with Crippen LogP contribution in [0.3, 0.4) is 0 Å². The molecule has 0 radical (unpaired) electrons. The van der Waals surface area contributed by atoms with E-state index >= 15 is 0 Å². The van der Waals surface area contributed by atoms with Gasteiger partial charge in [-0.05, 0) is 23.9 Å². The molecule has 3 heteroatoms. The molecule has 0 N–H and O–H groups in total. The SMILES string of the molecule is C=CC(=O)Oc1sccc1-c1ccc(C)cc1. The molecule has 1 aromatic heterocycles. The number of esters is 1. The van der Waals surface area contributed by atoms with E-state index in [0.717, 1.165) is 11.1 Å². The van der Waals surface area contributed by atoms with E-state index in [1.54, 1.807) is 0 Å². The van der Waals surface area contributed by atoms with Gasteiger partial charge >= 0.3 is 5.97 Å². The van der Waals surface area contributed by atoms with Gasteiger partial charge in [-0.3, -0.25) is 0 Å². The van der Waals surface area contributed by atoms with Crippen LogP contribution in [0.4, 0.5) is 0 Å². The van der Waals surface area contributed by atoms with Crippen LogP contribution in [0.5, 0.6) is 5.06 Å². The van der Waals surface area contributed by atoms with E-state index in [9.17, 15) is 4.79 Å². The number of benzene rings is 1. The number of aryl methyl sites for hydroxylation is 1. The van der Waals surface area contributed by atoms with Gasteiger partial charge < -0.3 is 4.74 Å². The Hall–Kier alpha value is -1.87. The van der Waals surface area contributed by atoms with E-state index in [2.05, 4.69) is 6.58 Å². The van der Waals surface area contributed by atoms with Gasteiger partial charge in [0.2, 0.25) is 0 Å². The fourth-order valence-electron chi connectivity index (χ4n) is 1.45. The highest BCUT2D eigenvalue weighted by Gasteiger charge is 2.10. The lowest BCUT2D eigenvalue weighted by Crippen LogP contribution is -2.02. The molecule has 0 atom stereocenters. The molecule has 0 amide bonds. The largest absolute Gasteiger partial charge is 0.412 e. The van der Waals surface area contributed by atoms with E-state index in [-0.39, 0.29) is 0 Å². The average molecular weight is 244 g/mol. The highest BCUT2D eigenvalue weighted by Crippen LogP contribution is 2.35. The van der Waals surface area contributed by atoms with Gasteiger partial charge in [0, 0.05) is 11.6 Å². The summed E-state index contributed by atoms with van der Waals surface area (Å²) in [5.74, 6) is -0.430. The fourth-order valence-corrected chi connectivity index (χ4v) is 2.23. The minimum Gasteiger partial charge on any atom is -0.412 e.